The van der Waals surface area contributed by atoms with Gasteiger partial charge >= 0.3 is 0 Å². The van der Waals surface area contributed by atoms with Crippen LogP contribution in [0.15, 0.2) is 53.4 Å². The molecule has 140 valence electrons. The number of nitrogens with zero attached hydrogens (tertiary/aromatic N) is 1. The quantitative estimate of drug-likeness (QED) is 0.730. The summed E-state index contributed by atoms with van der Waals surface area (Å²) in [5.41, 5.74) is 0.324. The van der Waals surface area contributed by atoms with Crippen molar-refractivity contribution in [2.75, 3.05) is 6.54 Å². The van der Waals surface area contributed by atoms with Crippen LogP contribution in [0.2, 0.25) is 5.02 Å². The van der Waals surface area contributed by atoms with E-state index in [9.17, 15) is 22.4 Å². The van der Waals surface area contributed by atoms with E-state index >= 15 is 0 Å². The van der Waals surface area contributed by atoms with Crippen molar-refractivity contribution < 1.29 is 22.4 Å². The largest absolute Gasteiger partial charge is 0.315 e. The van der Waals surface area contributed by atoms with Crippen molar-refractivity contribution in [2.45, 2.75) is 22.6 Å². The molecule has 2 atom stereocenters. The number of rotatable bonds is 4. The number of benzene rings is 2. The second-order valence-electron chi connectivity index (χ2n) is 6.78. The van der Waals surface area contributed by atoms with Crippen LogP contribution in [-0.2, 0) is 25.8 Å². The summed E-state index contributed by atoms with van der Waals surface area (Å²) in [7, 11) is -4.13. The van der Waals surface area contributed by atoms with Crippen LogP contribution in [0.5, 0.6) is 0 Å². The first kappa shape index (κ1) is 18.1. The first-order chi connectivity index (χ1) is 12.8. The van der Waals surface area contributed by atoms with Crippen LogP contribution in [0.4, 0.5) is 4.39 Å². The number of fused-ring (bicyclic) bond motifs is 1. The minimum absolute atomic E-state index is 0.0289. The van der Waals surface area contributed by atoms with Crippen molar-refractivity contribution in [2.24, 2.45) is 5.92 Å². The van der Waals surface area contributed by atoms with Crippen LogP contribution in [0, 0.1) is 11.7 Å². The predicted molar refractivity (Wildman–Crippen MR) is 96.3 cm³/mol. The highest BCUT2D eigenvalue weighted by Gasteiger charge is 2.70. The molecule has 5 nitrogen and oxygen atoms in total. The lowest BCUT2D eigenvalue weighted by molar-refractivity contribution is -0.150. The van der Waals surface area contributed by atoms with Gasteiger partial charge in [-0.1, -0.05) is 29.8 Å². The molecule has 2 saturated heterocycles. The van der Waals surface area contributed by atoms with Crippen molar-refractivity contribution in [3.05, 3.63) is 64.9 Å². The topological polar surface area (TPSA) is 71.5 Å². The molecule has 1 amide bonds. The molecule has 2 heterocycles. The Bertz CT molecular complexity index is 1050. The smallest absolute Gasteiger partial charge is 0.228 e. The Morgan fingerprint density at radius 3 is 2.41 bits per heavy atom. The van der Waals surface area contributed by atoms with Gasteiger partial charge in [0.15, 0.2) is 5.78 Å². The van der Waals surface area contributed by atoms with Gasteiger partial charge in [-0.05, 0) is 42.3 Å². The van der Waals surface area contributed by atoms with Gasteiger partial charge in [0.2, 0.25) is 20.6 Å². The average molecular weight is 408 g/mol. The van der Waals surface area contributed by atoms with Crippen LogP contribution >= 0.6 is 11.6 Å². The number of hydrogen-bond acceptors (Lipinski definition) is 4. The Morgan fingerprint density at radius 1 is 1.11 bits per heavy atom. The maximum atomic E-state index is 14.0. The summed E-state index contributed by atoms with van der Waals surface area (Å²) < 4.78 is 40.4. The molecular formula is C19H15ClFNO4S. The molecule has 2 unspecified atom stereocenters. The zero-order valence-electron chi connectivity index (χ0n) is 14.1. The molecule has 0 bridgehead atoms. The van der Waals surface area contributed by atoms with Gasteiger partial charge in [0.05, 0.1) is 11.3 Å². The van der Waals surface area contributed by atoms with Gasteiger partial charge in [-0.15, -0.1) is 0 Å². The fourth-order valence-electron chi connectivity index (χ4n) is 3.87. The molecule has 8 heteroatoms. The maximum Gasteiger partial charge on any atom is 0.228 e. The van der Waals surface area contributed by atoms with Crippen molar-refractivity contribution in [1.29, 1.82) is 0 Å². The van der Waals surface area contributed by atoms with Gasteiger partial charge in [-0.2, -0.15) is 0 Å². The van der Waals surface area contributed by atoms with Crippen LogP contribution in [0.1, 0.15) is 12.0 Å². The monoisotopic (exact) mass is 407 g/mol. The number of amides is 1. The van der Waals surface area contributed by atoms with Crippen molar-refractivity contribution in [3.8, 4) is 0 Å². The fraction of sp³-hybridized carbons (Fsp3) is 0.263. The number of hydrogen-bond donors (Lipinski definition) is 0. The Hall–Kier alpha value is -2.25. The van der Waals surface area contributed by atoms with E-state index in [-0.39, 0.29) is 24.3 Å². The molecule has 2 aromatic rings. The molecule has 0 N–H and O–H groups in total. The Morgan fingerprint density at radius 2 is 1.78 bits per heavy atom. The second kappa shape index (κ2) is 6.14. The lowest BCUT2D eigenvalue weighted by atomic mass is 9.93. The average Bonchev–Trinajstić information content (AvgIpc) is 2.86. The van der Waals surface area contributed by atoms with Crippen molar-refractivity contribution >= 4 is 33.1 Å². The highest BCUT2D eigenvalue weighted by atomic mass is 35.5. The molecule has 0 aliphatic carbocycles. The normalized spacial score (nSPS) is 24.7. The predicted octanol–water partition coefficient (Wildman–Crippen LogP) is 2.62. The minimum atomic E-state index is -4.13. The summed E-state index contributed by atoms with van der Waals surface area (Å²) in [4.78, 5) is 24.3. The third kappa shape index (κ3) is 2.52. The van der Waals surface area contributed by atoms with Gasteiger partial charge in [0.1, 0.15) is 5.82 Å². The van der Waals surface area contributed by atoms with E-state index in [0.717, 1.165) is 4.90 Å². The van der Waals surface area contributed by atoms with E-state index in [1.165, 1.54) is 30.3 Å². The number of carbonyl (C=O) groups is 2. The van der Waals surface area contributed by atoms with Crippen LogP contribution in [-0.4, -0.2) is 36.4 Å². The molecular weight excluding hydrogens is 393 g/mol. The molecule has 2 aliphatic rings. The highest BCUT2D eigenvalue weighted by Crippen LogP contribution is 2.48. The summed E-state index contributed by atoms with van der Waals surface area (Å²) in [6.45, 7) is -0.0289. The first-order valence-corrected chi connectivity index (χ1v) is 10.2. The highest BCUT2D eigenvalue weighted by molar-refractivity contribution is 7.93. The van der Waals surface area contributed by atoms with Crippen LogP contribution in [0.3, 0.4) is 0 Å². The minimum Gasteiger partial charge on any atom is -0.315 e. The van der Waals surface area contributed by atoms with Crippen molar-refractivity contribution in [1.82, 2.24) is 4.90 Å². The molecule has 0 aromatic heterocycles. The van der Waals surface area contributed by atoms with E-state index < -0.39 is 38.1 Å². The summed E-state index contributed by atoms with van der Waals surface area (Å²) in [6, 6.07) is 11.5. The van der Waals surface area contributed by atoms with E-state index in [2.05, 4.69) is 0 Å². The maximum absolute atomic E-state index is 14.0. The molecule has 2 aromatic carbocycles. The Balaban J connectivity index is 1.72. The summed E-state index contributed by atoms with van der Waals surface area (Å²) in [6.07, 6.45) is -0.336. The number of carbonyl (C=O) groups excluding carboxylic acids is 2. The van der Waals surface area contributed by atoms with Crippen molar-refractivity contribution in [3.63, 3.8) is 0 Å². The number of halogens is 2. The molecule has 4 rings (SSSR count). The van der Waals surface area contributed by atoms with E-state index in [4.69, 9.17) is 11.6 Å². The van der Waals surface area contributed by atoms with Gasteiger partial charge in [-0.3, -0.25) is 9.59 Å². The summed E-state index contributed by atoms with van der Waals surface area (Å²) in [5, 5.41) is 0.364. The lowest BCUT2D eigenvalue weighted by Crippen LogP contribution is -2.67. The Labute approximate surface area is 160 Å². The van der Waals surface area contributed by atoms with Gasteiger partial charge in [0.25, 0.3) is 0 Å². The molecule has 0 spiro atoms. The Kier molecular flexibility index (Phi) is 4.12. The zero-order valence-corrected chi connectivity index (χ0v) is 15.6. The fourth-order valence-corrected chi connectivity index (χ4v) is 6.09. The number of ketones is 1. The molecule has 2 aliphatic heterocycles. The molecule has 2 fully saturated rings. The first-order valence-electron chi connectivity index (χ1n) is 8.36. The molecule has 0 saturated carbocycles. The number of β-lactam (4-membered cyclic amide) rings is 1. The SMILES string of the molecule is O=C1CC2(S(=O)(=O)c3ccc(Cl)cc3)C(=O)C(Cc3ccccc3F)CN12. The standard InChI is InChI=1S/C19H15ClFNO4S/c20-14-5-7-15(8-6-14)27(25,26)19-10-17(23)22(19)11-13(18(19)24)9-12-3-1-2-4-16(12)21/h1-8,13H,9-11H2. The third-order valence-corrected chi connectivity index (χ3v) is 7.88. The number of sulfone groups is 1. The van der Waals surface area contributed by atoms with E-state index in [1.807, 2.05) is 0 Å². The van der Waals surface area contributed by atoms with Gasteiger partial charge < -0.3 is 4.90 Å². The van der Waals surface area contributed by atoms with Crippen LogP contribution in [0.25, 0.3) is 0 Å². The lowest BCUT2D eigenvalue weighted by Gasteiger charge is -2.44. The molecule has 0 radical (unpaired) electrons. The van der Waals surface area contributed by atoms with Gasteiger partial charge in [-0.25, -0.2) is 12.8 Å². The van der Waals surface area contributed by atoms with Crippen LogP contribution < -0.4 is 0 Å². The summed E-state index contributed by atoms with van der Waals surface area (Å²) in [5.74, 6) is -2.17. The second-order valence-corrected chi connectivity index (χ2v) is 9.37. The van der Waals surface area contributed by atoms with E-state index in [0.29, 0.717) is 10.6 Å². The zero-order chi connectivity index (χ0) is 19.4. The van der Waals surface area contributed by atoms with Gasteiger partial charge in [0, 0.05) is 17.5 Å². The molecule has 27 heavy (non-hydrogen) atoms. The number of Topliss-reactive ketones (excluding diaryl/α,β-unsaturated/α-hetero) is 1. The third-order valence-electron chi connectivity index (χ3n) is 5.28. The summed E-state index contributed by atoms with van der Waals surface area (Å²) >= 11 is 5.82. The van der Waals surface area contributed by atoms with E-state index in [1.54, 1.807) is 18.2 Å².